The topological polar surface area (TPSA) is 61.9 Å². The fourth-order valence-electron chi connectivity index (χ4n) is 4.08. The first-order chi connectivity index (χ1) is 16.0. The van der Waals surface area contributed by atoms with Crippen LogP contribution in [0.5, 0.6) is 5.75 Å². The third-order valence-electron chi connectivity index (χ3n) is 5.98. The normalized spacial score (nSPS) is 15.7. The maximum atomic E-state index is 13.6. The summed E-state index contributed by atoms with van der Waals surface area (Å²) in [6.07, 6.45) is 1.68. The molecular weight excluding hydrogens is 446 g/mol. The van der Waals surface area contributed by atoms with Crippen LogP contribution < -0.4 is 10.1 Å². The second-order valence-corrected chi connectivity index (χ2v) is 11.5. The van der Waals surface area contributed by atoms with E-state index in [1.165, 1.54) is 4.88 Å². The van der Waals surface area contributed by atoms with Crippen LogP contribution in [0.3, 0.4) is 0 Å². The summed E-state index contributed by atoms with van der Waals surface area (Å²) in [5, 5.41) is 5.11. The van der Waals surface area contributed by atoms with E-state index in [2.05, 4.69) is 30.6 Å². The van der Waals surface area contributed by atoms with Crippen LogP contribution in [0.15, 0.2) is 35.7 Å². The predicted molar refractivity (Wildman–Crippen MR) is 138 cm³/mol. The third kappa shape index (κ3) is 6.98. The largest absolute Gasteiger partial charge is 0.491 e. The van der Waals surface area contributed by atoms with Crippen LogP contribution in [0.2, 0.25) is 0 Å². The van der Waals surface area contributed by atoms with Crippen molar-refractivity contribution in [3.63, 3.8) is 0 Å². The van der Waals surface area contributed by atoms with Crippen LogP contribution in [0.25, 0.3) is 0 Å². The molecule has 0 spiro atoms. The van der Waals surface area contributed by atoms with Gasteiger partial charge >= 0.3 is 6.03 Å². The Labute approximate surface area is 208 Å². The molecule has 2 aromatic rings. The zero-order valence-corrected chi connectivity index (χ0v) is 22.2. The number of hydrogen-bond acceptors (Lipinski definition) is 4. The number of carbonyl (C=O) groups is 2. The maximum Gasteiger partial charge on any atom is 0.318 e. The highest BCUT2D eigenvalue weighted by Gasteiger charge is 2.34. The quantitative estimate of drug-likeness (QED) is 0.543. The van der Waals surface area contributed by atoms with Crippen molar-refractivity contribution in [1.29, 1.82) is 0 Å². The van der Waals surface area contributed by atoms with Gasteiger partial charge < -0.3 is 19.9 Å². The molecule has 6 nitrogen and oxygen atoms in total. The monoisotopic (exact) mass is 485 g/mol. The summed E-state index contributed by atoms with van der Waals surface area (Å²) in [5.41, 5.74) is 1.86. The smallest absolute Gasteiger partial charge is 0.318 e. The molecule has 186 valence electrons. The number of nitrogens with zero attached hydrogens (tertiary/aromatic N) is 2. The van der Waals surface area contributed by atoms with Gasteiger partial charge in [-0.25, -0.2) is 4.79 Å². The summed E-state index contributed by atoms with van der Waals surface area (Å²) < 4.78 is 6.20. The SMILES string of the molecule is Cc1ccccc1OCC1c2ccsc2CCN1C(=O)CN(CCC(C)C)C(=O)NC(C)(C)C. The summed E-state index contributed by atoms with van der Waals surface area (Å²) in [6, 6.07) is 9.68. The van der Waals surface area contributed by atoms with E-state index in [-0.39, 0.29) is 30.1 Å². The lowest BCUT2D eigenvalue weighted by Crippen LogP contribution is -2.53. The Hall–Kier alpha value is -2.54. The number of thiophene rings is 1. The molecule has 1 aliphatic heterocycles. The van der Waals surface area contributed by atoms with Gasteiger partial charge in [0.1, 0.15) is 18.9 Å². The molecule has 1 N–H and O–H groups in total. The van der Waals surface area contributed by atoms with Gasteiger partial charge in [0.15, 0.2) is 0 Å². The van der Waals surface area contributed by atoms with Crippen LogP contribution >= 0.6 is 11.3 Å². The van der Waals surface area contributed by atoms with Crippen molar-refractivity contribution in [2.75, 3.05) is 26.2 Å². The molecule has 1 aliphatic rings. The first-order valence-corrected chi connectivity index (χ1v) is 13.0. The number of hydrogen-bond donors (Lipinski definition) is 1. The molecule has 1 unspecified atom stereocenters. The van der Waals surface area contributed by atoms with Crippen molar-refractivity contribution >= 4 is 23.3 Å². The zero-order chi connectivity index (χ0) is 24.9. The number of aryl methyl sites for hydroxylation is 1. The lowest BCUT2D eigenvalue weighted by molar-refractivity contribution is -0.135. The van der Waals surface area contributed by atoms with Gasteiger partial charge in [-0.05, 0) is 75.1 Å². The Bertz CT molecular complexity index is 979. The molecular formula is C27H39N3O3S. The van der Waals surface area contributed by atoms with Gasteiger partial charge in [0.25, 0.3) is 0 Å². The second-order valence-electron chi connectivity index (χ2n) is 10.5. The van der Waals surface area contributed by atoms with E-state index in [1.54, 1.807) is 16.2 Å². The molecule has 1 aromatic carbocycles. The molecule has 34 heavy (non-hydrogen) atoms. The van der Waals surface area contributed by atoms with Gasteiger partial charge in [-0.2, -0.15) is 0 Å². The van der Waals surface area contributed by atoms with Gasteiger partial charge in [-0.3, -0.25) is 4.79 Å². The first kappa shape index (κ1) is 26.1. The first-order valence-electron chi connectivity index (χ1n) is 12.2. The van der Waals surface area contributed by atoms with Crippen molar-refractivity contribution in [2.24, 2.45) is 5.92 Å². The van der Waals surface area contributed by atoms with Gasteiger partial charge in [0.2, 0.25) is 5.91 Å². The van der Waals surface area contributed by atoms with Crippen LogP contribution in [-0.4, -0.2) is 53.5 Å². The van der Waals surface area contributed by atoms with Gasteiger partial charge in [0.05, 0.1) is 6.04 Å². The molecule has 3 rings (SSSR count). The zero-order valence-electron chi connectivity index (χ0n) is 21.4. The van der Waals surface area contributed by atoms with E-state index in [0.29, 0.717) is 25.6 Å². The number of para-hydroxylation sites is 1. The predicted octanol–water partition coefficient (Wildman–Crippen LogP) is 5.42. The van der Waals surface area contributed by atoms with E-state index in [4.69, 9.17) is 4.74 Å². The minimum absolute atomic E-state index is 0.0388. The molecule has 1 aromatic heterocycles. The van der Waals surface area contributed by atoms with E-state index >= 15 is 0 Å². The summed E-state index contributed by atoms with van der Waals surface area (Å²) in [4.78, 5) is 31.5. The molecule has 0 fully saturated rings. The maximum absolute atomic E-state index is 13.6. The average molecular weight is 486 g/mol. The fraction of sp³-hybridized carbons (Fsp3) is 0.556. The molecule has 0 saturated heterocycles. The van der Waals surface area contributed by atoms with Crippen LogP contribution in [0.1, 0.15) is 63.1 Å². The minimum Gasteiger partial charge on any atom is -0.491 e. The van der Waals surface area contributed by atoms with E-state index in [1.807, 2.05) is 56.9 Å². The minimum atomic E-state index is -0.364. The Balaban J connectivity index is 1.77. The molecule has 3 amide bonds. The highest BCUT2D eigenvalue weighted by Crippen LogP contribution is 2.34. The molecule has 2 heterocycles. The molecule has 7 heteroatoms. The Morgan fingerprint density at radius 2 is 1.97 bits per heavy atom. The molecule has 1 atom stereocenters. The highest BCUT2D eigenvalue weighted by molar-refractivity contribution is 7.10. The summed E-state index contributed by atoms with van der Waals surface area (Å²) >= 11 is 1.74. The van der Waals surface area contributed by atoms with Crippen LogP contribution in [0, 0.1) is 12.8 Å². The second kappa shape index (κ2) is 11.3. The van der Waals surface area contributed by atoms with Gasteiger partial charge in [0, 0.05) is 23.5 Å². The van der Waals surface area contributed by atoms with E-state index in [0.717, 1.165) is 29.7 Å². The highest BCUT2D eigenvalue weighted by atomic mass is 32.1. The van der Waals surface area contributed by atoms with Crippen molar-refractivity contribution in [1.82, 2.24) is 15.1 Å². The Kier molecular flexibility index (Phi) is 8.63. The summed E-state index contributed by atoms with van der Waals surface area (Å²) in [7, 11) is 0. The number of ether oxygens (including phenoxy) is 1. The molecule has 0 bridgehead atoms. The fourth-order valence-corrected chi connectivity index (χ4v) is 5.01. The van der Waals surface area contributed by atoms with Crippen molar-refractivity contribution in [3.05, 3.63) is 51.7 Å². The van der Waals surface area contributed by atoms with Crippen LogP contribution in [0.4, 0.5) is 4.79 Å². The van der Waals surface area contributed by atoms with Crippen molar-refractivity contribution in [2.45, 2.75) is 66.0 Å². The Morgan fingerprint density at radius 1 is 1.24 bits per heavy atom. The number of carbonyl (C=O) groups excluding carboxylic acids is 2. The molecule has 0 radical (unpaired) electrons. The molecule has 0 saturated carbocycles. The number of amides is 3. The van der Waals surface area contributed by atoms with Gasteiger partial charge in [-0.1, -0.05) is 32.0 Å². The van der Waals surface area contributed by atoms with Crippen molar-refractivity contribution < 1.29 is 14.3 Å². The lowest BCUT2D eigenvalue weighted by Gasteiger charge is -2.37. The number of rotatable bonds is 8. The number of fused-ring (bicyclic) bond motifs is 1. The lowest BCUT2D eigenvalue weighted by atomic mass is 10.00. The van der Waals surface area contributed by atoms with E-state index in [9.17, 15) is 9.59 Å². The number of urea groups is 1. The number of nitrogens with one attached hydrogen (secondary N) is 1. The number of benzene rings is 1. The van der Waals surface area contributed by atoms with Gasteiger partial charge in [-0.15, -0.1) is 11.3 Å². The summed E-state index contributed by atoms with van der Waals surface area (Å²) in [5.74, 6) is 1.24. The molecule has 0 aliphatic carbocycles. The standard InChI is InChI=1S/C27H39N3O3S/c1-19(2)11-14-29(26(32)28-27(4,5)6)17-25(31)30-15-12-24-21(13-16-34-24)22(30)18-33-23-10-8-7-9-20(23)3/h7-10,13,16,19,22H,11-12,14-15,17-18H2,1-6H3,(H,28,32). The Morgan fingerprint density at radius 3 is 2.65 bits per heavy atom. The third-order valence-corrected chi connectivity index (χ3v) is 6.97. The van der Waals surface area contributed by atoms with E-state index < -0.39 is 0 Å². The van der Waals surface area contributed by atoms with Crippen LogP contribution in [-0.2, 0) is 11.2 Å². The summed E-state index contributed by atoms with van der Waals surface area (Å²) in [6.45, 7) is 13.8. The average Bonchev–Trinajstić information content (AvgIpc) is 3.23. The van der Waals surface area contributed by atoms with Crippen molar-refractivity contribution in [3.8, 4) is 5.75 Å².